The summed E-state index contributed by atoms with van der Waals surface area (Å²) in [6.45, 7) is 6.39. The van der Waals surface area contributed by atoms with E-state index in [0.29, 0.717) is 30.0 Å². The predicted molar refractivity (Wildman–Crippen MR) is 117 cm³/mol. The molecule has 0 saturated carbocycles. The predicted octanol–water partition coefficient (Wildman–Crippen LogP) is 4.41. The van der Waals surface area contributed by atoms with Crippen molar-refractivity contribution in [2.75, 3.05) is 13.2 Å². The molecule has 1 atom stereocenters. The SMILES string of the molecule is CC(=O)c1ccc(OCC(=O)c2cc(C)n(C[C@@H]3COc4ccccc4O3)c2C)cc1. The number of ketones is 2. The van der Waals surface area contributed by atoms with Crippen LogP contribution in [0.25, 0.3) is 0 Å². The molecule has 4 rings (SSSR count). The molecule has 0 N–H and O–H groups in total. The first-order valence-corrected chi connectivity index (χ1v) is 10.2. The van der Waals surface area contributed by atoms with E-state index >= 15 is 0 Å². The van der Waals surface area contributed by atoms with E-state index in [1.54, 1.807) is 24.3 Å². The van der Waals surface area contributed by atoms with Crippen LogP contribution in [-0.2, 0) is 6.54 Å². The summed E-state index contributed by atoms with van der Waals surface area (Å²) in [7, 11) is 0. The number of aryl methyl sites for hydroxylation is 1. The fourth-order valence-corrected chi connectivity index (χ4v) is 3.73. The summed E-state index contributed by atoms with van der Waals surface area (Å²) in [5.41, 5.74) is 3.10. The van der Waals surface area contributed by atoms with Crippen LogP contribution in [0.1, 0.15) is 39.0 Å². The van der Waals surface area contributed by atoms with Gasteiger partial charge in [-0.3, -0.25) is 9.59 Å². The van der Waals surface area contributed by atoms with Crippen molar-refractivity contribution in [1.29, 1.82) is 0 Å². The van der Waals surface area contributed by atoms with Crippen LogP contribution in [0.15, 0.2) is 54.6 Å². The summed E-state index contributed by atoms with van der Waals surface area (Å²) in [6.07, 6.45) is -0.140. The molecule has 0 saturated heterocycles. The Morgan fingerprint density at radius 1 is 1.06 bits per heavy atom. The van der Waals surface area contributed by atoms with Gasteiger partial charge in [0.2, 0.25) is 5.78 Å². The number of rotatable bonds is 7. The first kappa shape index (κ1) is 20.7. The highest BCUT2D eigenvalue weighted by molar-refractivity contribution is 5.98. The van der Waals surface area contributed by atoms with Crippen molar-refractivity contribution in [3.05, 3.63) is 77.1 Å². The molecule has 3 aromatic rings. The Bertz CT molecular complexity index is 1110. The normalized spacial score (nSPS) is 14.9. The Labute approximate surface area is 181 Å². The van der Waals surface area contributed by atoms with Gasteiger partial charge in [-0.25, -0.2) is 0 Å². The largest absolute Gasteiger partial charge is 0.486 e. The standard InChI is InChI=1S/C25H25NO5/c1-16-12-22(23(28)15-29-20-10-8-19(9-11-20)18(3)27)17(2)26(16)13-21-14-30-24-6-4-5-7-25(24)31-21/h4-12,21H,13-15H2,1-3H3/t21-/m1/s1. The number of para-hydroxylation sites is 2. The molecule has 6 heteroatoms. The number of ether oxygens (including phenoxy) is 3. The lowest BCUT2D eigenvalue weighted by atomic mass is 10.1. The average Bonchev–Trinajstić information content (AvgIpc) is 3.06. The Balaban J connectivity index is 1.41. The van der Waals surface area contributed by atoms with Gasteiger partial charge >= 0.3 is 0 Å². The number of Topliss-reactive ketones (excluding diaryl/α,β-unsaturated/α-hetero) is 2. The molecule has 2 heterocycles. The molecule has 0 bridgehead atoms. The van der Waals surface area contributed by atoms with Gasteiger partial charge < -0.3 is 18.8 Å². The van der Waals surface area contributed by atoms with Crippen LogP contribution in [-0.4, -0.2) is 35.5 Å². The molecule has 0 spiro atoms. The van der Waals surface area contributed by atoms with Gasteiger partial charge in [0.15, 0.2) is 30.0 Å². The van der Waals surface area contributed by atoms with Gasteiger partial charge in [0.25, 0.3) is 0 Å². The third-order valence-electron chi connectivity index (χ3n) is 5.46. The van der Waals surface area contributed by atoms with Gasteiger partial charge in [0, 0.05) is 22.5 Å². The minimum Gasteiger partial charge on any atom is -0.486 e. The van der Waals surface area contributed by atoms with E-state index in [2.05, 4.69) is 4.57 Å². The number of nitrogens with zero attached hydrogens (tertiary/aromatic N) is 1. The van der Waals surface area contributed by atoms with Crippen molar-refractivity contribution >= 4 is 11.6 Å². The highest BCUT2D eigenvalue weighted by atomic mass is 16.6. The van der Waals surface area contributed by atoms with Gasteiger partial charge in [0.1, 0.15) is 12.4 Å². The first-order valence-electron chi connectivity index (χ1n) is 10.2. The summed E-state index contributed by atoms with van der Waals surface area (Å²) in [6, 6.07) is 16.3. The summed E-state index contributed by atoms with van der Waals surface area (Å²) < 4.78 is 19.6. The smallest absolute Gasteiger partial charge is 0.202 e. The first-order chi connectivity index (χ1) is 14.9. The summed E-state index contributed by atoms with van der Waals surface area (Å²) in [4.78, 5) is 24.2. The number of hydrogen-bond acceptors (Lipinski definition) is 5. The van der Waals surface area contributed by atoms with Crippen LogP contribution in [0.3, 0.4) is 0 Å². The molecule has 0 aliphatic carbocycles. The van der Waals surface area contributed by atoms with Gasteiger partial charge in [0.05, 0.1) is 6.54 Å². The van der Waals surface area contributed by atoms with E-state index in [1.165, 1.54) is 6.92 Å². The maximum atomic E-state index is 12.8. The molecule has 0 unspecified atom stereocenters. The molecule has 1 aliphatic rings. The molecule has 160 valence electrons. The number of hydrogen-bond donors (Lipinski definition) is 0. The zero-order valence-electron chi connectivity index (χ0n) is 17.9. The molecule has 31 heavy (non-hydrogen) atoms. The highest BCUT2D eigenvalue weighted by Gasteiger charge is 2.24. The molecule has 0 amide bonds. The quantitative estimate of drug-likeness (QED) is 0.531. The second-order valence-electron chi connectivity index (χ2n) is 7.69. The second kappa shape index (κ2) is 8.68. The van der Waals surface area contributed by atoms with E-state index < -0.39 is 0 Å². The van der Waals surface area contributed by atoms with E-state index in [9.17, 15) is 9.59 Å². The van der Waals surface area contributed by atoms with Crippen molar-refractivity contribution in [2.24, 2.45) is 0 Å². The maximum Gasteiger partial charge on any atom is 0.202 e. The zero-order chi connectivity index (χ0) is 22.0. The molecule has 1 aliphatic heterocycles. The van der Waals surface area contributed by atoms with Crippen LogP contribution < -0.4 is 14.2 Å². The lowest BCUT2D eigenvalue weighted by Gasteiger charge is -2.27. The van der Waals surface area contributed by atoms with Gasteiger partial charge in [-0.1, -0.05) is 12.1 Å². The Morgan fingerprint density at radius 2 is 1.77 bits per heavy atom. The summed E-state index contributed by atoms with van der Waals surface area (Å²) >= 11 is 0. The number of aromatic nitrogens is 1. The number of benzene rings is 2. The number of carbonyl (C=O) groups is 2. The fourth-order valence-electron chi connectivity index (χ4n) is 3.73. The van der Waals surface area contributed by atoms with Crippen molar-refractivity contribution in [3.63, 3.8) is 0 Å². The molecule has 6 nitrogen and oxygen atoms in total. The lowest BCUT2D eigenvalue weighted by Crippen LogP contribution is -2.33. The van der Waals surface area contributed by atoms with Gasteiger partial charge in [-0.2, -0.15) is 0 Å². The highest BCUT2D eigenvalue weighted by Crippen LogP contribution is 2.31. The topological polar surface area (TPSA) is 66.8 Å². The van der Waals surface area contributed by atoms with E-state index in [1.807, 2.05) is 44.2 Å². The Morgan fingerprint density at radius 3 is 2.48 bits per heavy atom. The van der Waals surface area contributed by atoms with Gasteiger partial charge in [-0.15, -0.1) is 0 Å². The third kappa shape index (κ3) is 4.48. The van der Waals surface area contributed by atoms with Crippen molar-refractivity contribution < 1.29 is 23.8 Å². The van der Waals surface area contributed by atoms with Gasteiger partial charge in [-0.05, 0) is 63.2 Å². The van der Waals surface area contributed by atoms with Crippen LogP contribution in [0.2, 0.25) is 0 Å². The van der Waals surface area contributed by atoms with Crippen LogP contribution in [0.4, 0.5) is 0 Å². The zero-order valence-corrected chi connectivity index (χ0v) is 17.9. The molecule has 1 aromatic heterocycles. The maximum absolute atomic E-state index is 12.8. The Hall–Kier alpha value is -3.54. The number of carbonyl (C=O) groups excluding carboxylic acids is 2. The van der Waals surface area contributed by atoms with Crippen LogP contribution >= 0.6 is 0 Å². The van der Waals surface area contributed by atoms with Crippen LogP contribution in [0, 0.1) is 13.8 Å². The van der Waals surface area contributed by atoms with E-state index in [0.717, 1.165) is 22.9 Å². The number of fused-ring (bicyclic) bond motifs is 1. The molecular weight excluding hydrogens is 394 g/mol. The minimum atomic E-state index is -0.140. The van der Waals surface area contributed by atoms with E-state index in [-0.39, 0.29) is 24.3 Å². The Kier molecular flexibility index (Phi) is 5.80. The molecule has 0 radical (unpaired) electrons. The van der Waals surface area contributed by atoms with E-state index in [4.69, 9.17) is 14.2 Å². The minimum absolute atomic E-state index is 0.00843. The lowest BCUT2D eigenvalue weighted by molar-refractivity contribution is 0.0777. The second-order valence-corrected chi connectivity index (χ2v) is 7.69. The molecule has 0 fully saturated rings. The summed E-state index contributed by atoms with van der Waals surface area (Å²) in [5, 5.41) is 0. The third-order valence-corrected chi connectivity index (χ3v) is 5.46. The summed E-state index contributed by atoms with van der Waals surface area (Å²) in [5.74, 6) is 1.94. The van der Waals surface area contributed by atoms with Crippen molar-refractivity contribution in [3.8, 4) is 17.2 Å². The molecular formula is C25H25NO5. The molecule has 2 aromatic carbocycles. The van der Waals surface area contributed by atoms with Crippen molar-refractivity contribution in [2.45, 2.75) is 33.4 Å². The monoisotopic (exact) mass is 419 g/mol. The average molecular weight is 419 g/mol. The van der Waals surface area contributed by atoms with Crippen LogP contribution in [0.5, 0.6) is 17.2 Å². The fraction of sp³-hybridized carbons (Fsp3) is 0.280. The van der Waals surface area contributed by atoms with Crippen molar-refractivity contribution in [1.82, 2.24) is 4.57 Å².